The molecule has 0 bridgehead atoms. The first kappa shape index (κ1) is 13.3. The van der Waals surface area contributed by atoms with Crippen LogP contribution in [-0.4, -0.2) is 44.5 Å². The summed E-state index contributed by atoms with van der Waals surface area (Å²) in [5.74, 6) is 3.31. The zero-order valence-electron chi connectivity index (χ0n) is 11.1. The molecule has 1 saturated heterocycles. The van der Waals surface area contributed by atoms with Crippen LogP contribution in [0.15, 0.2) is 0 Å². The number of nitrogens with zero attached hydrogens (tertiary/aromatic N) is 1. The molecule has 2 fully saturated rings. The lowest BCUT2D eigenvalue weighted by atomic mass is 9.69. The molecule has 2 rings (SSSR count). The van der Waals surface area contributed by atoms with Crippen LogP contribution in [0, 0.1) is 17.8 Å². The second-order valence-electron chi connectivity index (χ2n) is 6.15. The molecule has 0 spiro atoms. The molecule has 0 unspecified atom stereocenters. The van der Waals surface area contributed by atoms with E-state index in [0.29, 0.717) is 11.5 Å². The third kappa shape index (κ3) is 3.68. The van der Waals surface area contributed by atoms with Gasteiger partial charge < -0.3 is 4.90 Å². The summed E-state index contributed by atoms with van der Waals surface area (Å²) in [5, 5.41) is 0. The summed E-state index contributed by atoms with van der Waals surface area (Å²) in [4.78, 5) is 2.37. The van der Waals surface area contributed by atoms with E-state index in [-0.39, 0.29) is 0 Å². The number of rotatable bonds is 3. The van der Waals surface area contributed by atoms with Crippen LogP contribution in [-0.2, 0) is 9.84 Å². The van der Waals surface area contributed by atoms with E-state index in [9.17, 15) is 8.42 Å². The summed E-state index contributed by atoms with van der Waals surface area (Å²) in [6, 6.07) is 0. The van der Waals surface area contributed by atoms with Gasteiger partial charge in [-0.15, -0.1) is 0 Å². The lowest BCUT2D eigenvalue weighted by Gasteiger charge is -2.40. The second kappa shape index (κ2) is 5.27. The molecule has 4 heteroatoms. The molecule has 1 aliphatic carbocycles. The van der Waals surface area contributed by atoms with Crippen molar-refractivity contribution in [2.75, 3.05) is 31.1 Å². The van der Waals surface area contributed by atoms with Crippen LogP contribution >= 0.6 is 0 Å². The Kier molecular flexibility index (Phi) is 4.14. The Hall–Kier alpha value is -0.0900. The highest BCUT2D eigenvalue weighted by atomic mass is 32.2. The normalized spacial score (nSPS) is 34.3. The van der Waals surface area contributed by atoms with Crippen molar-refractivity contribution >= 4 is 9.84 Å². The molecule has 0 N–H and O–H groups in total. The van der Waals surface area contributed by atoms with Gasteiger partial charge in [0.2, 0.25) is 0 Å². The van der Waals surface area contributed by atoms with Crippen molar-refractivity contribution in [2.24, 2.45) is 17.8 Å². The zero-order valence-corrected chi connectivity index (χ0v) is 11.9. The Labute approximate surface area is 105 Å². The van der Waals surface area contributed by atoms with E-state index in [1.807, 2.05) is 0 Å². The smallest absolute Gasteiger partial charge is 0.151 e. The molecule has 0 atom stereocenters. The Morgan fingerprint density at radius 3 is 2.53 bits per heavy atom. The summed E-state index contributed by atoms with van der Waals surface area (Å²) < 4.78 is 23.0. The highest BCUT2D eigenvalue weighted by Gasteiger charge is 2.32. The van der Waals surface area contributed by atoms with Crippen molar-refractivity contribution in [1.29, 1.82) is 0 Å². The van der Waals surface area contributed by atoms with Crippen molar-refractivity contribution in [3.8, 4) is 0 Å². The first-order chi connectivity index (χ1) is 7.96. The standard InChI is InChI=1S/C13H25NO2S/c1-11(2)13-8-12(9-13)10-14-4-3-6-17(15,16)7-5-14/h11-13H,3-10H2,1-2H3/t12-,13+. The molecular formula is C13H25NO2S. The Morgan fingerprint density at radius 2 is 1.88 bits per heavy atom. The van der Waals surface area contributed by atoms with Gasteiger partial charge >= 0.3 is 0 Å². The topological polar surface area (TPSA) is 37.4 Å². The van der Waals surface area contributed by atoms with Gasteiger partial charge in [0.25, 0.3) is 0 Å². The molecule has 1 saturated carbocycles. The van der Waals surface area contributed by atoms with E-state index in [2.05, 4.69) is 18.7 Å². The molecule has 1 heterocycles. The highest BCUT2D eigenvalue weighted by molar-refractivity contribution is 7.91. The maximum atomic E-state index is 11.5. The molecule has 17 heavy (non-hydrogen) atoms. The van der Waals surface area contributed by atoms with Crippen LogP contribution in [0.1, 0.15) is 33.1 Å². The molecule has 0 aromatic carbocycles. The van der Waals surface area contributed by atoms with Gasteiger partial charge in [-0.1, -0.05) is 13.8 Å². The molecule has 0 aromatic rings. The van der Waals surface area contributed by atoms with Crippen molar-refractivity contribution < 1.29 is 8.42 Å². The molecule has 0 radical (unpaired) electrons. The van der Waals surface area contributed by atoms with Gasteiger partial charge in [-0.05, 0) is 43.6 Å². The number of hydrogen-bond acceptors (Lipinski definition) is 3. The minimum absolute atomic E-state index is 0.368. The summed E-state index contributed by atoms with van der Waals surface area (Å²) in [5.41, 5.74) is 0. The lowest BCUT2D eigenvalue weighted by Crippen LogP contribution is -2.39. The molecular weight excluding hydrogens is 234 g/mol. The van der Waals surface area contributed by atoms with Gasteiger partial charge in [0.15, 0.2) is 9.84 Å². The lowest BCUT2D eigenvalue weighted by molar-refractivity contribution is 0.0983. The Balaban J connectivity index is 1.74. The van der Waals surface area contributed by atoms with E-state index in [1.54, 1.807) is 0 Å². The fourth-order valence-electron chi connectivity index (χ4n) is 3.02. The summed E-state index contributed by atoms with van der Waals surface area (Å²) in [6.45, 7) is 7.46. The molecule has 0 amide bonds. The maximum absolute atomic E-state index is 11.5. The minimum atomic E-state index is -2.74. The fourth-order valence-corrected chi connectivity index (χ4v) is 4.33. The Bertz CT molecular complexity index is 344. The van der Waals surface area contributed by atoms with E-state index < -0.39 is 9.84 Å². The largest absolute Gasteiger partial charge is 0.302 e. The quantitative estimate of drug-likeness (QED) is 0.775. The van der Waals surface area contributed by atoms with E-state index in [4.69, 9.17) is 0 Å². The van der Waals surface area contributed by atoms with Gasteiger partial charge in [0, 0.05) is 13.1 Å². The molecule has 1 aliphatic heterocycles. The van der Waals surface area contributed by atoms with Gasteiger partial charge in [-0.25, -0.2) is 8.42 Å². The summed E-state index contributed by atoms with van der Waals surface area (Å²) in [7, 11) is -2.74. The fraction of sp³-hybridized carbons (Fsp3) is 1.00. The zero-order chi connectivity index (χ0) is 12.5. The van der Waals surface area contributed by atoms with Crippen LogP contribution in [0.5, 0.6) is 0 Å². The van der Waals surface area contributed by atoms with Crippen LogP contribution < -0.4 is 0 Å². The van der Waals surface area contributed by atoms with Crippen LogP contribution in [0.2, 0.25) is 0 Å². The molecule has 100 valence electrons. The predicted octanol–water partition coefficient (Wildman–Crippen LogP) is 1.79. The van der Waals surface area contributed by atoms with Gasteiger partial charge in [0.1, 0.15) is 0 Å². The minimum Gasteiger partial charge on any atom is -0.302 e. The van der Waals surface area contributed by atoms with Crippen molar-refractivity contribution in [3.63, 3.8) is 0 Å². The highest BCUT2D eigenvalue weighted by Crippen LogP contribution is 2.39. The van der Waals surface area contributed by atoms with Crippen LogP contribution in [0.4, 0.5) is 0 Å². The van der Waals surface area contributed by atoms with E-state index in [0.717, 1.165) is 43.8 Å². The maximum Gasteiger partial charge on any atom is 0.151 e. The first-order valence-corrected chi connectivity index (χ1v) is 8.71. The van der Waals surface area contributed by atoms with Gasteiger partial charge in [0.05, 0.1) is 11.5 Å². The van der Waals surface area contributed by atoms with Gasteiger partial charge in [-0.3, -0.25) is 0 Å². The third-order valence-electron chi connectivity index (χ3n) is 4.38. The second-order valence-corrected chi connectivity index (χ2v) is 8.45. The van der Waals surface area contributed by atoms with Crippen LogP contribution in [0.25, 0.3) is 0 Å². The summed E-state index contributed by atoms with van der Waals surface area (Å²) >= 11 is 0. The summed E-state index contributed by atoms with van der Waals surface area (Å²) in [6.07, 6.45) is 3.52. The van der Waals surface area contributed by atoms with E-state index in [1.165, 1.54) is 12.8 Å². The molecule has 0 aromatic heterocycles. The van der Waals surface area contributed by atoms with Gasteiger partial charge in [-0.2, -0.15) is 0 Å². The first-order valence-electron chi connectivity index (χ1n) is 6.89. The number of sulfone groups is 1. The average molecular weight is 259 g/mol. The van der Waals surface area contributed by atoms with Crippen molar-refractivity contribution in [3.05, 3.63) is 0 Å². The SMILES string of the molecule is CC(C)[C@H]1C[C@@H](CN2CCCS(=O)(=O)CC2)C1. The molecule has 3 nitrogen and oxygen atoms in total. The molecule has 2 aliphatic rings. The van der Waals surface area contributed by atoms with E-state index >= 15 is 0 Å². The third-order valence-corrected chi connectivity index (χ3v) is 6.09. The van der Waals surface area contributed by atoms with Crippen molar-refractivity contribution in [1.82, 2.24) is 4.90 Å². The van der Waals surface area contributed by atoms with Crippen LogP contribution in [0.3, 0.4) is 0 Å². The predicted molar refractivity (Wildman–Crippen MR) is 70.8 cm³/mol. The van der Waals surface area contributed by atoms with Crippen molar-refractivity contribution in [2.45, 2.75) is 33.1 Å². The average Bonchev–Trinajstić information content (AvgIpc) is 2.32. The Morgan fingerprint density at radius 1 is 1.18 bits per heavy atom. The monoisotopic (exact) mass is 259 g/mol. The number of hydrogen-bond donors (Lipinski definition) is 0.